The molecule has 0 aliphatic carbocycles. The van der Waals surface area contributed by atoms with Gasteiger partial charge in [0.15, 0.2) is 11.6 Å². The third-order valence-electron chi connectivity index (χ3n) is 5.56. The summed E-state index contributed by atoms with van der Waals surface area (Å²) in [4.78, 5) is 31.8. The van der Waals surface area contributed by atoms with Crippen LogP contribution in [-0.2, 0) is 22.6 Å². The van der Waals surface area contributed by atoms with E-state index in [1.54, 1.807) is 19.1 Å². The molecule has 1 saturated heterocycles. The highest BCUT2D eigenvalue weighted by molar-refractivity contribution is 5.88. The Morgan fingerprint density at radius 3 is 2.56 bits per heavy atom. The largest absolute Gasteiger partial charge is 0.384 e. The van der Waals surface area contributed by atoms with Crippen molar-refractivity contribution in [2.24, 2.45) is 0 Å². The van der Waals surface area contributed by atoms with Crippen molar-refractivity contribution in [1.29, 1.82) is 0 Å². The number of nitrogen functional groups attached to an aromatic ring is 1. The average molecular weight is 446 g/mol. The van der Waals surface area contributed by atoms with Gasteiger partial charge >= 0.3 is 0 Å². The monoisotopic (exact) mass is 445 g/mol. The summed E-state index contributed by atoms with van der Waals surface area (Å²) in [5, 5.41) is 5.56. The van der Waals surface area contributed by atoms with Gasteiger partial charge in [-0.15, -0.1) is 0 Å². The second kappa shape index (κ2) is 11.0. The summed E-state index contributed by atoms with van der Waals surface area (Å²) < 4.78 is 27.0. The lowest BCUT2D eigenvalue weighted by Crippen LogP contribution is -2.50. The molecule has 2 heterocycles. The number of aromatic nitrogens is 1. The van der Waals surface area contributed by atoms with E-state index in [4.69, 9.17) is 5.73 Å². The summed E-state index contributed by atoms with van der Waals surface area (Å²) in [6.45, 7) is 3.88. The van der Waals surface area contributed by atoms with Crippen LogP contribution in [0.5, 0.6) is 0 Å². The minimum Gasteiger partial charge on any atom is -0.384 e. The summed E-state index contributed by atoms with van der Waals surface area (Å²) in [6, 6.07) is 5.95. The number of anilines is 1. The predicted molar refractivity (Wildman–Crippen MR) is 118 cm³/mol. The Labute approximate surface area is 186 Å². The van der Waals surface area contributed by atoms with Crippen LogP contribution in [0.3, 0.4) is 0 Å². The van der Waals surface area contributed by atoms with Gasteiger partial charge in [0.1, 0.15) is 11.9 Å². The number of likely N-dealkylation sites (tertiary alicyclic amines) is 1. The normalized spacial score (nSPS) is 15.2. The van der Waals surface area contributed by atoms with Crippen LogP contribution in [0.1, 0.15) is 36.1 Å². The fraction of sp³-hybridized carbons (Fsp3) is 0.435. The summed E-state index contributed by atoms with van der Waals surface area (Å²) >= 11 is 0. The summed E-state index contributed by atoms with van der Waals surface area (Å²) in [7, 11) is 0. The highest BCUT2D eigenvalue weighted by Crippen LogP contribution is 2.12. The first-order chi connectivity index (χ1) is 15.3. The molecule has 4 N–H and O–H groups in total. The maximum Gasteiger partial charge on any atom is 0.243 e. The molecule has 0 unspecified atom stereocenters. The van der Waals surface area contributed by atoms with E-state index in [1.165, 1.54) is 6.07 Å². The number of nitrogens with one attached hydrogen (secondary N) is 2. The van der Waals surface area contributed by atoms with Crippen molar-refractivity contribution in [1.82, 2.24) is 20.5 Å². The topological polar surface area (TPSA) is 100 Å². The molecule has 1 aromatic carbocycles. The van der Waals surface area contributed by atoms with E-state index in [1.807, 2.05) is 0 Å². The van der Waals surface area contributed by atoms with E-state index < -0.39 is 23.6 Å². The summed E-state index contributed by atoms with van der Waals surface area (Å²) in [5.74, 6) is -2.27. The third kappa shape index (κ3) is 6.71. The van der Waals surface area contributed by atoms with E-state index in [0.29, 0.717) is 17.1 Å². The zero-order valence-corrected chi connectivity index (χ0v) is 18.2. The third-order valence-corrected chi connectivity index (χ3v) is 5.56. The fourth-order valence-corrected chi connectivity index (χ4v) is 3.77. The number of hydrogen-bond donors (Lipinski definition) is 3. The molecule has 1 aromatic heterocycles. The van der Waals surface area contributed by atoms with Gasteiger partial charge in [-0.05, 0) is 62.2 Å². The van der Waals surface area contributed by atoms with Crippen LogP contribution < -0.4 is 16.4 Å². The Bertz CT molecular complexity index is 963. The quantitative estimate of drug-likeness (QED) is 0.578. The van der Waals surface area contributed by atoms with E-state index in [9.17, 15) is 18.4 Å². The van der Waals surface area contributed by atoms with E-state index in [0.717, 1.165) is 50.0 Å². The minimum atomic E-state index is -0.995. The Balaban J connectivity index is 1.68. The fourth-order valence-electron chi connectivity index (χ4n) is 3.77. The van der Waals surface area contributed by atoms with Crippen molar-refractivity contribution in [2.75, 3.05) is 25.4 Å². The number of pyridine rings is 1. The number of hydrogen-bond acceptors (Lipinski definition) is 5. The molecular formula is C23H29F2N5O2. The van der Waals surface area contributed by atoms with Gasteiger partial charge < -0.3 is 16.4 Å². The molecule has 32 heavy (non-hydrogen) atoms. The van der Waals surface area contributed by atoms with Crippen LogP contribution in [-0.4, -0.2) is 47.4 Å². The van der Waals surface area contributed by atoms with E-state index in [-0.39, 0.29) is 25.4 Å². The lowest BCUT2D eigenvalue weighted by atomic mass is 10.0. The van der Waals surface area contributed by atoms with Crippen molar-refractivity contribution in [3.8, 4) is 0 Å². The Morgan fingerprint density at radius 1 is 1.12 bits per heavy atom. The average Bonchev–Trinajstić information content (AvgIpc) is 2.75. The summed E-state index contributed by atoms with van der Waals surface area (Å²) in [5.41, 5.74) is 7.56. The molecule has 1 aliphatic rings. The molecule has 1 fully saturated rings. The van der Waals surface area contributed by atoms with Crippen LogP contribution in [0.2, 0.25) is 0 Å². The number of halogens is 2. The lowest BCUT2D eigenvalue weighted by molar-refractivity contribution is -0.129. The molecular weight excluding hydrogens is 416 g/mol. The lowest BCUT2D eigenvalue weighted by Gasteiger charge is -2.27. The maximum atomic E-state index is 13.7. The van der Waals surface area contributed by atoms with Crippen LogP contribution in [0, 0.1) is 18.6 Å². The highest BCUT2D eigenvalue weighted by atomic mass is 19.2. The van der Waals surface area contributed by atoms with Gasteiger partial charge in [-0.1, -0.05) is 18.6 Å². The van der Waals surface area contributed by atoms with Gasteiger partial charge in [0, 0.05) is 18.7 Å². The maximum absolute atomic E-state index is 13.7. The number of aryl methyl sites for hydroxylation is 1. The molecule has 0 radical (unpaired) electrons. The molecule has 3 rings (SSSR count). The van der Waals surface area contributed by atoms with Crippen molar-refractivity contribution in [3.63, 3.8) is 0 Å². The number of piperidine rings is 1. The Morgan fingerprint density at radius 2 is 1.88 bits per heavy atom. The number of nitrogens with zero attached hydrogens (tertiary/aromatic N) is 2. The number of carbonyl (C=O) groups excluding carboxylic acids is 2. The van der Waals surface area contributed by atoms with Crippen molar-refractivity contribution >= 4 is 17.6 Å². The number of amides is 2. The number of rotatable bonds is 8. The number of nitrogens with two attached hydrogens (primary N) is 1. The van der Waals surface area contributed by atoms with Gasteiger partial charge in [0.25, 0.3) is 0 Å². The van der Waals surface area contributed by atoms with Crippen LogP contribution in [0.25, 0.3) is 0 Å². The first-order valence-corrected chi connectivity index (χ1v) is 10.8. The van der Waals surface area contributed by atoms with Gasteiger partial charge in [-0.25, -0.2) is 13.8 Å². The van der Waals surface area contributed by atoms with Gasteiger partial charge in [0.05, 0.1) is 6.54 Å². The molecule has 0 spiro atoms. The molecule has 1 atom stereocenters. The van der Waals surface area contributed by atoms with Crippen molar-refractivity contribution < 1.29 is 18.4 Å². The Hall–Kier alpha value is -3.07. The molecule has 172 valence electrons. The highest BCUT2D eigenvalue weighted by Gasteiger charge is 2.23. The predicted octanol–water partition coefficient (Wildman–Crippen LogP) is 2.08. The minimum absolute atomic E-state index is 0.0355. The second-order valence-corrected chi connectivity index (χ2v) is 8.11. The van der Waals surface area contributed by atoms with Crippen LogP contribution in [0.4, 0.5) is 14.6 Å². The standard InChI is InChI=1S/C23H29F2N5O2/c1-15-17(6-8-21(26)28-15)13-27-23(32)20(12-16-5-7-18(24)19(25)11-16)29-22(31)14-30-9-3-2-4-10-30/h5-8,11,20H,2-4,9-10,12-14H2,1H3,(H2,26,28)(H,27,32)(H,29,31)/t20-/m0/s1. The zero-order valence-electron chi connectivity index (χ0n) is 18.2. The van der Waals surface area contributed by atoms with E-state index >= 15 is 0 Å². The molecule has 9 heteroatoms. The molecule has 2 aromatic rings. The summed E-state index contributed by atoms with van der Waals surface area (Å²) in [6.07, 6.45) is 3.27. The van der Waals surface area contributed by atoms with Crippen molar-refractivity contribution in [2.45, 2.75) is 45.2 Å². The van der Waals surface area contributed by atoms with Crippen LogP contribution in [0.15, 0.2) is 30.3 Å². The number of benzene rings is 1. The number of carbonyl (C=O) groups is 2. The molecule has 0 bridgehead atoms. The van der Waals surface area contributed by atoms with E-state index in [2.05, 4.69) is 20.5 Å². The SMILES string of the molecule is Cc1nc(N)ccc1CNC(=O)[C@H](Cc1ccc(F)c(F)c1)NC(=O)CN1CCCCC1. The van der Waals surface area contributed by atoms with Gasteiger partial charge in [-0.2, -0.15) is 0 Å². The van der Waals surface area contributed by atoms with Crippen LogP contribution >= 0.6 is 0 Å². The second-order valence-electron chi connectivity index (χ2n) is 8.11. The first kappa shape index (κ1) is 23.6. The van der Waals surface area contributed by atoms with Gasteiger partial charge in [-0.3, -0.25) is 14.5 Å². The zero-order chi connectivity index (χ0) is 23.1. The molecule has 7 nitrogen and oxygen atoms in total. The Kier molecular flexibility index (Phi) is 8.10. The molecule has 0 saturated carbocycles. The smallest absolute Gasteiger partial charge is 0.243 e. The van der Waals surface area contributed by atoms with Crippen molar-refractivity contribution in [3.05, 3.63) is 58.8 Å². The first-order valence-electron chi connectivity index (χ1n) is 10.8. The van der Waals surface area contributed by atoms with Gasteiger partial charge in [0.2, 0.25) is 11.8 Å². The molecule has 2 amide bonds. The molecule has 1 aliphatic heterocycles.